The molecule has 2 unspecified atom stereocenters. The summed E-state index contributed by atoms with van der Waals surface area (Å²) in [5, 5.41) is 6.59. The molecule has 0 aliphatic heterocycles. The summed E-state index contributed by atoms with van der Waals surface area (Å²) >= 11 is 1.61. The molecular weight excluding hydrogens is 282 g/mol. The Hall–Kier alpha value is -1.40. The van der Waals surface area contributed by atoms with Crippen LogP contribution in [0.1, 0.15) is 39.0 Å². The van der Waals surface area contributed by atoms with Gasteiger partial charge in [-0.1, -0.05) is 26.2 Å². The Morgan fingerprint density at radius 3 is 3.10 bits per heavy atom. The van der Waals surface area contributed by atoms with Crippen LogP contribution in [0.2, 0.25) is 0 Å². The van der Waals surface area contributed by atoms with Crippen molar-refractivity contribution in [3.05, 3.63) is 11.4 Å². The van der Waals surface area contributed by atoms with E-state index >= 15 is 0 Å². The van der Waals surface area contributed by atoms with Crippen LogP contribution in [-0.4, -0.2) is 16.5 Å². The Morgan fingerprint density at radius 2 is 2.29 bits per heavy atom. The number of hydrogen-bond donors (Lipinski definition) is 3. The minimum absolute atomic E-state index is 0.471. The van der Waals surface area contributed by atoms with Crippen LogP contribution in [0.15, 0.2) is 11.4 Å². The highest BCUT2D eigenvalue weighted by atomic mass is 32.1. The van der Waals surface area contributed by atoms with Gasteiger partial charge in [0.15, 0.2) is 0 Å². The Labute approximate surface area is 129 Å². The summed E-state index contributed by atoms with van der Waals surface area (Å²) in [4.78, 5) is 9.76. The molecule has 21 heavy (non-hydrogen) atoms. The predicted molar refractivity (Wildman–Crippen MR) is 89.5 cm³/mol. The van der Waals surface area contributed by atoms with Gasteiger partial charge >= 0.3 is 0 Å². The van der Waals surface area contributed by atoms with Crippen molar-refractivity contribution in [1.82, 2.24) is 9.97 Å². The van der Waals surface area contributed by atoms with E-state index in [-0.39, 0.29) is 0 Å². The number of nitrogens with zero attached hydrogens (tertiary/aromatic N) is 2. The smallest absolute Gasteiger partial charge is 0.240 e. The van der Waals surface area contributed by atoms with Crippen LogP contribution in [0.3, 0.4) is 0 Å². The summed E-state index contributed by atoms with van der Waals surface area (Å²) in [7, 11) is 0. The molecule has 1 aliphatic rings. The maximum absolute atomic E-state index is 5.44. The lowest BCUT2D eigenvalue weighted by Crippen LogP contribution is -2.17. The van der Waals surface area contributed by atoms with Gasteiger partial charge in [-0.15, -0.1) is 11.3 Å². The molecule has 1 aliphatic carbocycles. The first-order valence-corrected chi connectivity index (χ1v) is 8.60. The lowest BCUT2D eigenvalue weighted by atomic mass is 9.81. The van der Waals surface area contributed by atoms with Crippen molar-refractivity contribution >= 4 is 33.3 Å². The number of fused-ring (bicyclic) bond motifs is 1. The van der Waals surface area contributed by atoms with Gasteiger partial charge in [0, 0.05) is 6.54 Å². The lowest BCUT2D eigenvalue weighted by molar-refractivity contribution is 0.274. The van der Waals surface area contributed by atoms with Crippen LogP contribution in [0.5, 0.6) is 0 Å². The van der Waals surface area contributed by atoms with Gasteiger partial charge in [0.25, 0.3) is 0 Å². The first-order valence-electron chi connectivity index (χ1n) is 7.72. The molecule has 0 spiro atoms. The van der Waals surface area contributed by atoms with Crippen LogP contribution in [0, 0.1) is 11.8 Å². The highest BCUT2D eigenvalue weighted by molar-refractivity contribution is 7.16. The van der Waals surface area contributed by atoms with E-state index in [1.54, 1.807) is 11.3 Å². The number of hydrazine groups is 1. The fraction of sp³-hybridized carbons (Fsp3) is 0.600. The number of nitrogens with one attached hydrogen (secondary N) is 2. The first-order chi connectivity index (χ1) is 10.3. The number of nitrogens with two attached hydrogens (primary N) is 1. The van der Waals surface area contributed by atoms with Crippen molar-refractivity contribution in [1.29, 1.82) is 0 Å². The minimum atomic E-state index is 0.471. The van der Waals surface area contributed by atoms with Crippen molar-refractivity contribution in [3.63, 3.8) is 0 Å². The molecular formula is C15H23N5S. The van der Waals surface area contributed by atoms with E-state index in [0.29, 0.717) is 5.95 Å². The molecule has 3 rings (SSSR count). The molecule has 1 fully saturated rings. The van der Waals surface area contributed by atoms with Crippen molar-refractivity contribution in [3.8, 4) is 0 Å². The van der Waals surface area contributed by atoms with E-state index in [1.165, 1.54) is 32.1 Å². The highest BCUT2D eigenvalue weighted by Crippen LogP contribution is 2.31. The summed E-state index contributed by atoms with van der Waals surface area (Å²) in [5.41, 5.74) is 2.54. The van der Waals surface area contributed by atoms with Crippen LogP contribution >= 0.6 is 11.3 Å². The van der Waals surface area contributed by atoms with Gasteiger partial charge in [-0.3, -0.25) is 5.43 Å². The molecule has 2 aromatic heterocycles. The highest BCUT2D eigenvalue weighted by Gasteiger charge is 2.18. The molecule has 4 N–H and O–H groups in total. The van der Waals surface area contributed by atoms with Crippen molar-refractivity contribution in [2.24, 2.45) is 17.7 Å². The molecule has 2 atom stereocenters. The van der Waals surface area contributed by atoms with Gasteiger partial charge in [-0.2, -0.15) is 4.98 Å². The second kappa shape index (κ2) is 6.58. The normalized spacial score (nSPS) is 22.4. The van der Waals surface area contributed by atoms with Crippen LogP contribution in [0.4, 0.5) is 11.8 Å². The Morgan fingerprint density at radius 1 is 1.38 bits per heavy atom. The van der Waals surface area contributed by atoms with Gasteiger partial charge in [0.1, 0.15) is 10.6 Å². The molecule has 2 aromatic rings. The maximum atomic E-state index is 5.44. The molecule has 0 amide bonds. The van der Waals surface area contributed by atoms with E-state index in [9.17, 15) is 0 Å². The lowest BCUT2D eigenvalue weighted by Gasteiger charge is -2.26. The number of anilines is 2. The van der Waals surface area contributed by atoms with Crippen LogP contribution < -0.4 is 16.6 Å². The standard InChI is InChI=1S/C15H23N5S/c1-10-3-2-4-11(9-10)5-7-17-13-12-6-8-21-14(12)19-15(18-13)20-16/h6,8,10-11H,2-5,7,9,16H2,1H3,(H2,17,18,19,20). The second-order valence-electron chi connectivity index (χ2n) is 6.03. The van der Waals surface area contributed by atoms with E-state index < -0.39 is 0 Å². The molecule has 6 heteroatoms. The van der Waals surface area contributed by atoms with Crippen molar-refractivity contribution < 1.29 is 0 Å². The summed E-state index contributed by atoms with van der Waals surface area (Å²) < 4.78 is 0. The molecule has 0 saturated heterocycles. The zero-order valence-electron chi connectivity index (χ0n) is 12.4. The average Bonchev–Trinajstić information content (AvgIpc) is 2.95. The molecule has 0 bridgehead atoms. The van der Waals surface area contributed by atoms with E-state index in [4.69, 9.17) is 5.84 Å². The summed E-state index contributed by atoms with van der Waals surface area (Å²) in [6, 6.07) is 2.06. The van der Waals surface area contributed by atoms with E-state index in [0.717, 1.165) is 34.4 Å². The fourth-order valence-corrected chi connectivity index (χ4v) is 4.04. The number of hydrogen-bond acceptors (Lipinski definition) is 6. The van der Waals surface area contributed by atoms with Gasteiger partial charge in [0.05, 0.1) is 5.39 Å². The predicted octanol–water partition coefficient (Wildman–Crippen LogP) is 3.61. The Bertz CT molecular complexity index is 597. The van der Waals surface area contributed by atoms with Crippen LogP contribution in [0.25, 0.3) is 10.2 Å². The van der Waals surface area contributed by atoms with Crippen molar-refractivity contribution in [2.75, 3.05) is 17.3 Å². The molecule has 0 aromatic carbocycles. The quantitative estimate of drug-likeness (QED) is 0.581. The van der Waals surface area contributed by atoms with Crippen molar-refractivity contribution in [2.45, 2.75) is 39.0 Å². The molecule has 2 heterocycles. The molecule has 114 valence electrons. The topological polar surface area (TPSA) is 75.9 Å². The Balaban J connectivity index is 1.63. The monoisotopic (exact) mass is 305 g/mol. The molecule has 0 radical (unpaired) electrons. The van der Waals surface area contributed by atoms with Gasteiger partial charge in [-0.25, -0.2) is 10.8 Å². The number of rotatable bonds is 5. The molecule has 1 saturated carbocycles. The second-order valence-corrected chi connectivity index (χ2v) is 6.93. The minimum Gasteiger partial charge on any atom is -0.369 e. The Kier molecular flexibility index (Phi) is 4.55. The third-order valence-corrected chi connectivity index (χ3v) is 5.15. The fourth-order valence-electron chi connectivity index (χ4n) is 3.27. The summed E-state index contributed by atoms with van der Waals surface area (Å²) in [6.45, 7) is 3.33. The maximum Gasteiger partial charge on any atom is 0.240 e. The molecule has 5 nitrogen and oxygen atoms in total. The van der Waals surface area contributed by atoms with E-state index in [1.807, 2.05) is 5.38 Å². The summed E-state index contributed by atoms with van der Waals surface area (Å²) in [6.07, 6.45) is 6.74. The third-order valence-electron chi connectivity index (χ3n) is 4.34. The number of nitrogen functional groups attached to an aromatic ring is 1. The average molecular weight is 305 g/mol. The van der Waals surface area contributed by atoms with Crippen LogP contribution in [-0.2, 0) is 0 Å². The van der Waals surface area contributed by atoms with E-state index in [2.05, 4.69) is 33.7 Å². The van der Waals surface area contributed by atoms with Gasteiger partial charge < -0.3 is 5.32 Å². The first kappa shape index (κ1) is 14.5. The van der Waals surface area contributed by atoms with Gasteiger partial charge in [-0.05, 0) is 36.1 Å². The SMILES string of the molecule is CC1CCCC(CCNc2nc(NN)nc3sccc23)C1. The zero-order valence-corrected chi connectivity index (χ0v) is 13.2. The number of thiophene rings is 1. The largest absolute Gasteiger partial charge is 0.369 e. The zero-order chi connectivity index (χ0) is 14.7. The van der Waals surface area contributed by atoms with Gasteiger partial charge in [0.2, 0.25) is 5.95 Å². The summed E-state index contributed by atoms with van der Waals surface area (Å²) in [5.74, 6) is 8.54. The third kappa shape index (κ3) is 3.44. The number of aromatic nitrogens is 2.